The fourth-order valence-electron chi connectivity index (χ4n) is 1.55. The van der Waals surface area contributed by atoms with Crippen LogP contribution in [-0.2, 0) is 6.54 Å². The first-order valence-electron chi connectivity index (χ1n) is 5.69. The predicted octanol–water partition coefficient (Wildman–Crippen LogP) is 3.05. The highest BCUT2D eigenvalue weighted by Crippen LogP contribution is 2.32. The topological polar surface area (TPSA) is 72.9 Å². The number of carbonyl (C=O) groups excluding carboxylic acids is 1. The average molecular weight is 334 g/mol. The van der Waals surface area contributed by atoms with E-state index < -0.39 is 0 Å². The van der Waals surface area contributed by atoms with Gasteiger partial charge in [0.2, 0.25) is 0 Å². The molecule has 20 heavy (non-hydrogen) atoms. The Hall–Kier alpha value is -1.27. The largest absolute Gasteiger partial charge is 0.335 e. The summed E-state index contributed by atoms with van der Waals surface area (Å²) in [6, 6.07) is 2.95. The monoisotopic (exact) mass is 332 g/mol. The van der Waals surface area contributed by atoms with Gasteiger partial charge < -0.3 is 15.6 Å². The van der Waals surface area contributed by atoms with Gasteiger partial charge in [0.25, 0.3) is 5.91 Å². The lowest BCUT2D eigenvalue weighted by Crippen LogP contribution is -2.13. The van der Waals surface area contributed by atoms with Crippen LogP contribution in [0.2, 0.25) is 15.1 Å². The maximum Gasteiger partial charge on any atom is 0.275 e. The van der Waals surface area contributed by atoms with Gasteiger partial charge in [-0.2, -0.15) is 0 Å². The minimum atomic E-state index is -0.388. The smallest absolute Gasteiger partial charge is 0.275 e. The zero-order valence-corrected chi connectivity index (χ0v) is 12.5. The molecule has 0 radical (unpaired) electrons. The number of hydrogen-bond acceptors (Lipinski definition) is 3. The molecule has 5 nitrogen and oxygen atoms in total. The highest BCUT2D eigenvalue weighted by molar-refractivity contribution is 6.44. The van der Waals surface area contributed by atoms with Crippen molar-refractivity contribution < 1.29 is 4.79 Å². The van der Waals surface area contributed by atoms with E-state index in [0.29, 0.717) is 33.8 Å². The molecule has 0 bridgehead atoms. The van der Waals surface area contributed by atoms with Gasteiger partial charge in [-0.25, -0.2) is 4.98 Å². The van der Waals surface area contributed by atoms with Crippen LogP contribution < -0.4 is 11.1 Å². The van der Waals surface area contributed by atoms with Crippen molar-refractivity contribution in [2.24, 2.45) is 5.73 Å². The molecule has 0 atom stereocenters. The maximum absolute atomic E-state index is 12.0. The molecular weight excluding hydrogens is 323 g/mol. The summed E-state index contributed by atoms with van der Waals surface area (Å²) in [6.07, 6.45) is 3.14. The number of anilines is 1. The molecule has 1 amide bonds. The summed E-state index contributed by atoms with van der Waals surface area (Å²) in [5.74, 6) is -0.388. The number of imidazole rings is 1. The molecule has 106 valence electrons. The van der Waals surface area contributed by atoms with Crippen LogP contribution in [0.25, 0.3) is 0 Å². The van der Waals surface area contributed by atoms with Crippen molar-refractivity contribution in [2.45, 2.75) is 6.54 Å². The fourth-order valence-corrected chi connectivity index (χ4v) is 2.15. The minimum absolute atomic E-state index is 0.264. The van der Waals surface area contributed by atoms with Crippen molar-refractivity contribution in [1.29, 1.82) is 0 Å². The van der Waals surface area contributed by atoms with E-state index in [2.05, 4.69) is 10.3 Å². The number of amides is 1. The summed E-state index contributed by atoms with van der Waals surface area (Å²) in [5.41, 5.74) is 6.07. The Morgan fingerprint density at radius 3 is 2.65 bits per heavy atom. The maximum atomic E-state index is 12.0. The highest BCUT2D eigenvalue weighted by Gasteiger charge is 2.13. The Labute approximate surface area is 130 Å². The second-order valence-corrected chi connectivity index (χ2v) is 5.21. The Balaban J connectivity index is 2.16. The SMILES string of the molecule is NCCn1cnc(C(=O)Nc2cc(Cl)c(Cl)cc2Cl)c1. The van der Waals surface area contributed by atoms with Crippen LogP contribution in [0.15, 0.2) is 24.7 Å². The number of nitrogens with two attached hydrogens (primary N) is 1. The van der Waals surface area contributed by atoms with Gasteiger partial charge in [0, 0.05) is 19.3 Å². The molecular formula is C12H11Cl3N4O. The van der Waals surface area contributed by atoms with Gasteiger partial charge in [0.05, 0.1) is 27.1 Å². The zero-order chi connectivity index (χ0) is 14.7. The van der Waals surface area contributed by atoms with Crippen molar-refractivity contribution in [2.75, 3.05) is 11.9 Å². The van der Waals surface area contributed by atoms with Crippen LogP contribution in [0.1, 0.15) is 10.5 Å². The van der Waals surface area contributed by atoms with Crippen molar-refractivity contribution in [1.82, 2.24) is 9.55 Å². The summed E-state index contributed by atoms with van der Waals surface area (Å²) >= 11 is 17.7. The number of nitrogens with one attached hydrogen (secondary N) is 1. The predicted molar refractivity (Wildman–Crippen MR) is 80.7 cm³/mol. The summed E-state index contributed by atoms with van der Waals surface area (Å²) in [6.45, 7) is 1.06. The number of carbonyl (C=O) groups is 1. The van der Waals surface area contributed by atoms with E-state index in [1.54, 1.807) is 10.8 Å². The molecule has 0 saturated carbocycles. The van der Waals surface area contributed by atoms with Crippen molar-refractivity contribution in [3.05, 3.63) is 45.4 Å². The lowest BCUT2D eigenvalue weighted by molar-refractivity contribution is 0.102. The molecule has 2 aromatic rings. The van der Waals surface area contributed by atoms with E-state index >= 15 is 0 Å². The fraction of sp³-hybridized carbons (Fsp3) is 0.167. The molecule has 3 N–H and O–H groups in total. The van der Waals surface area contributed by atoms with Crippen LogP contribution >= 0.6 is 34.8 Å². The second-order valence-electron chi connectivity index (χ2n) is 3.99. The van der Waals surface area contributed by atoms with Gasteiger partial charge in [-0.05, 0) is 12.1 Å². The molecule has 1 aromatic heterocycles. The van der Waals surface area contributed by atoms with Crippen LogP contribution in [-0.4, -0.2) is 22.0 Å². The van der Waals surface area contributed by atoms with Crippen molar-refractivity contribution in [3.63, 3.8) is 0 Å². The van der Waals surface area contributed by atoms with Gasteiger partial charge in [0.1, 0.15) is 5.69 Å². The molecule has 0 aliphatic heterocycles. The number of aromatic nitrogens is 2. The van der Waals surface area contributed by atoms with Crippen molar-refractivity contribution in [3.8, 4) is 0 Å². The second kappa shape index (κ2) is 6.45. The minimum Gasteiger partial charge on any atom is -0.335 e. The first kappa shape index (κ1) is 15.1. The molecule has 0 aliphatic carbocycles. The number of halogens is 3. The molecule has 0 fully saturated rings. The van der Waals surface area contributed by atoms with Gasteiger partial charge in [0.15, 0.2) is 0 Å². The molecule has 1 aromatic carbocycles. The third-order valence-corrected chi connectivity index (χ3v) is 3.55. The van der Waals surface area contributed by atoms with E-state index in [1.165, 1.54) is 18.5 Å². The Bertz CT molecular complexity index is 642. The molecule has 0 aliphatic rings. The van der Waals surface area contributed by atoms with E-state index in [0.717, 1.165) is 0 Å². The molecule has 0 spiro atoms. The number of nitrogens with zero attached hydrogens (tertiary/aromatic N) is 2. The van der Waals surface area contributed by atoms with Crippen LogP contribution in [0.5, 0.6) is 0 Å². The zero-order valence-electron chi connectivity index (χ0n) is 10.2. The van der Waals surface area contributed by atoms with Gasteiger partial charge in [-0.3, -0.25) is 4.79 Å². The summed E-state index contributed by atoms with van der Waals surface area (Å²) in [4.78, 5) is 16.0. The Morgan fingerprint density at radius 1 is 1.25 bits per heavy atom. The normalized spacial score (nSPS) is 10.6. The molecule has 0 saturated heterocycles. The van der Waals surface area contributed by atoms with Crippen molar-refractivity contribution >= 4 is 46.4 Å². The molecule has 2 rings (SSSR count). The van der Waals surface area contributed by atoms with Gasteiger partial charge in [-0.15, -0.1) is 0 Å². The lowest BCUT2D eigenvalue weighted by atomic mass is 10.3. The third-order valence-electron chi connectivity index (χ3n) is 2.51. The first-order valence-corrected chi connectivity index (χ1v) is 6.82. The van der Waals surface area contributed by atoms with Gasteiger partial charge >= 0.3 is 0 Å². The van der Waals surface area contributed by atoms with Crippen LogP contribution in [0.3, 0.4) is 0 Å². The average Bonchev–Trinajstić information content (AvgIpc) is 2.85. The molecule has 0 unspecified atom stereocenters. The Morgan fingerprint density at radius 2 is 1.95 bits per heavy atom. The van der Waals surface area contributed by atoms with E-state index in [-0.39, 0.29) is 11.6 Å². The number of hydrogen-bond donors (Lipinski definition) is 2. The van der Waals surface area contributed by atoms with E-state index in [4.69, 9.17) is 40.5 Å². The quantitative estimate of drug-likeness (QED) is 0.845. The third kappa shape index (κ3) is 3.43. The summed E-state index contributed by atoms with van der Waals surface area (Å²) < 4.78 is 1.73. The first-order chi connectivity index (χ1) is 9.51. The summed E-state index contributed by atoms with van der Waals surface area (Å²) in [7, 11) is 0. The number of rotatable bonds is 4. The highest BCUT2D eigenvalue weighted by atomic mass is 35.5. The molecule has 1 heterocycles. The molecule has 8 heteroatoms. The lowest BCUT2D eigenvalue weighted by Gasteiger charge is -2.07. The summed E-state index contributed by atoms with van der Waals surface area (Å²) in [5, 5.41) is 3.56. The Kier molecular flexibility index (Phi) is 4.88. The number of benzene rings is 1. The van der Waals surface area contributed by atoms with Gasteiger partial charge in [-0.1, -0.05) is 34.8 Å². The van der Waals surface area contributed by atoms with E-state index in [9.17, 15) is 4.79 Å². The van der Waals surface area contributed by atoms with Crippen LogP contribution in [0.4, 0.5) is 5.69 Å². The van der Waals surface area contributed by atoms with Crippen LogP contribution in [0, 0.1) is 0 Å². The van der Waals surface area contributed by atoms with E-state index in [1.807, 2.05) is 0 Å². The standard InChI is InChI=1S/C12H11Cl3N4O/c13-7-3-9(15)10(4-8(7)14)18-12(20)11-5-19(2-1-16)6-17-11/h3-6H,1-2,16H2,(H,18,20).